The van der Waals surface area contributed by atoms with E-state index in [4.69, 9.17) is 11.6 Å². The van der Waals surface area contributed by atoms with E-state index in [1.54, 1.807) is 0 Å². The van der Waals surface area contributed by atoms with Crippen LogP contribution in [0.2, 0.25) is 0 Å². The SMILES string of the molecule is CN(c1ncc(F)cc1CCl)C1CCCCC1. The van der Waals surface area contributed by atoms with Crippen LogP contribution >= 0.6 is 11.6 Å². The fourth-order valence-corrected chi connectivity index (χ4v) is 2.73. The molecule has 0 radical (unpaired) electrons. The van der Waals surface area contributed by atoms with Gasteiger partial charge in [0.15, 0.2) is 0 Å². The van der Waals surface area contributed by atoms with Gasteiger partial charge in [-0.05, 0) is 18.9 Å². The van der Waals surface area contributed by atoms with Crippen LogP contribution < -0.4 is 4.90 Å². The fourth-order valence-electron chi connectivity index (χ4n) is 2.53. The highest BCUT2D eigenvalue weighted by atomic mass is 35.5. The Labute approximate surface area is 107 Å². The first kappa shape index (κ1) is 12.6. The molecule has 0 unspecified atom stereocenters. The van der Waals surface area contributed by atoms with Crippen LogP contribution in [-0.4, -0.2) is 18.1 Å². The van der Waals surface area contributed by atoms with Gasteiger partial charge in [-0.15, -0.1) is 11.6 Å². The van der Waals surface area contributed by atoms with Crippen molar-refractivity contribution in [3.63, 3.8) is 0 Å². The Balaban J connectivity index is 2.19. The summed E-state index contributed by atoms with van der Waals surface area (Å²) in [5.74, 6) is 0.812. The Morgan fingerprint density at radius 2 is 2.12 bits per heavy atom. The van der Waals surface area contributed by atoms with Crippen LogP contribution in [0.1, 0.15) is 37.7 Å². The summed E-state index contributed by atoms with van der Waals surface area (Å²) in [6, 6.07) is 2.00. The van der Waals surface area contributed by atoms with Crippen LogP contribution in [0.25, 0.3) is 0 Å². The lowest BCUT2D eigenvalue weighted by Gasteiger charge is -2.33. The Morgan fingerprint density at radius 3 is 2.76 bits per heavy atom. The number of aromatic nitrogens is 1. The average Bonchev–Trinajstić information content (AvgIpc) is 2.39. The topological polar surface area (TPSA) is 16.1 Å². The van der Waals surface area contributed by atoms with E-state index in [0.717, 1.165) is 11.4 Å². The third kappa shape index (κ3) is 2.89. The molecule has 1 heterocycles. The zero-order valence-corrected chi connectivity index (χ0v) is 10.9. The van der Waals surface area contributed by atoms with Crippen LogP contribution in [0.3, 0.4) is 0 Å². The second-order valence-corrected chi connectivity index (χ2v) is 4.94. The number of pyridine rings is 1. The molecule has 0 N–H and O–H groups in total. The fraction of sp³-hybridized carbons (Fsp3) is 0.615. The second kappa shape index (κ2) is 5.67. The summed E-state index contributed by atoms with van der Waals surface area (Å²) < 4.78 is 13.1. The van der Waals surface area contributed by atoms with Crippen molar-refractivity contribution in [3.8, 4) is 0 Å². The van der Waals surface area contributed by atoms with Crippen molar-refractivity contribution in [1.82, 2.24) is 4.98 Å². The molecule has 1 aromatic heterocycles. The number of halogens is 2. The van der Waals surface area contributed by atoms with Gasteiger partial charge >= 0.3 is 0 Å². The third-order valence-corrected chi connectivity index (χ3v) is 3.80. The molecule has 0 spiro atoms. The summed E-state index contributed by atoms with van der Waals surface area (Å²) in [6.07, 6.45) is 7.52. The van der Waals surface area contributed by atoms with E-state index in [-0.39, 0.29) is 5.82 Å². The van der Waals surface area contributed by atoms with E-state index in [2.05, 4.69) is 9.88 Å². The van der Waals surface area contributed by atoms with Gasteiger partial charge in [-0.3, -0.25) is 0 Å². The van der Waals surface area contributed by atoms with E-state index < -0.39 is 0 Å². The molecule has 94 valence electrons. The maximum atomic E-state index is 13.1. The molecule has 0 saturated heterocycles. The average molecular weight is 257 g/mol. The number of alkyl halides is 1. The van der Waals surface area contributed by atoms with Gasteiger partial charge in [0.1, 0.15) is 11.6 Å². The number of hydrogen-bond acceptors (Lipinski definition) is 2. The Morgan fingerprint density at radius 1 is 1.41 bits per heavy atom. The Hall–Kier alpha value is -0.830. The Kier molecular flexibility index (Phi) is 4.21. The van der Waals surface area contributed by atoms with Crippen LogP contribution in [0.5, 0.6) is 0 Å². The smallest absolute Gasteiger partial charge is 0.141 e. The quantitative estimate of drug-likeness (QED) is 0.766. The highest BCUT2D eigenvalue weighted by molar-refractivity contribution is 6.17. The van der Waals surface area contributed by atoms with Crippen molar-refractivity contribution in [2.45, 2.75) is 44.0 Å². The highest BCUT2D eigenvalue weighted by Crippen LogP contribution is 2.27. The molecule has 2 rings (SSSR count). The minimum absolute atomic E-state index is 0.303. The van der Waals surface area contributed by atoms with Crippen LogP contribution in [0.15, 0.2) is 12.3 Å². The standard InChI is InChI=1S/C13H18ClFN2/c1-17(12-5-3-2-4-6-12)13-10(8-14)7-11(15)9-16-13/h7,9,12H,2-6,8H2,1H3. The number of nitrogens with zero attached hydrogens (tertiary/aromatic N) is 2. The molecule has 0 aromatic carbocycles. The zero-order valence-electron chi connectivity index (χ0n) is 10.1. The van der Waals surface area contributed by atoms with Crippen LogP contribution in [0.4, 0.5) is 10.2 Å². The molecule has 0 amide bonds. The maximum Gasteiger partial charge on any atom is 0.141 e. The normalized spacial score (nSPS) is 17.1. The lowest BCUT2D eigenvalue weighted by atomic mass is 9.94. The molecular formula is C13H18ClFN2. The van der Waals surface area contributed by atoms with Crippen molar-refractivity contribution in [3.05, 3.63) is 23.6 Å². The minimum atomic E-state index is -0.318. The van der Waals surface area contributed by atoms with E-state index in [0.29, 0.717) is 11.9 Å². The van der Waals surface area contributed by atoms with Gasteiger partial charge in [-0.25, -0.2) is 9.37 Å². The molecule has 1 fully saturated rings. The molecule has 0 atom stereocenters. The zero-order chi connectivity index (χ0) is 12.3. The first-order valence-corrected chi connectivity index (χ1v) is 6.69. The molecule has 0 bridgehead atoms. The lowest BCUT2D eigenvalue weighted by Crippen LogP contribution is -2.34. The van der Waals surface area contributed by atoms with Gasteiger partial charge in [0, 0.05) is 18.7 Å². The van der Waals surface area contributed by atoms with E-state index in [1.807, 2.05) is 7.05 Å². The number of hydrogen-bond donors (Lipinski definition) is 0. The Bertz CT molecular complexity index is 378. The largest absolute Gasteiger partial charge is 0.356 e. The molecule has 1 aromatic rings. The van der Waals surface area contributed by atoms with Crippen LogP contribution in [0, 0.1) is 5.82 Å². The van der Waals surface area contributed by atoms with Gasteiger partial charge in [0.25, 0.3) is 0 Å². The van der Waals surface area contributed by atoms with Crippen molar-refractivity contribution in [2.75, 3.05) is 11.9 Å². The van der Waals surface area contributed by atoms with Gasteiger partial charge < -0.3 is 4.90 Å². The predicted molar refractivity (Wildman–Crippen MR) is 69.0 cm³/mol. The van der Waals surface area contributed by atoms with Crippen molar-refractivity contribution in [2.24, 2.45) is 0 Å². The summed E-state index contributed by atoms with van der Waals surface area (Å²) in [6.45, 7) is 0. The maximum absolute atomic E-state index is 13.1. The van der Waals surface area contributed by atoms with Gasteiger partial charge in [0.2, 0.25) is 0 Å². The summed E-state index contributed by atoms with van der Waals surface area (Å²) in [5.41, 5.74) is 0.778. The third-order valence-electron chi connectivity index (χ3n) is 3.51. The second-order valence-electron chi connectivity index (χ2n) is 4.67. The summed E-state index contributed by atoms with van der Waals surface area (Å²) in [4.78, 5) is 6.35. The van der Waals surface area contributed by atoms with E-state index >= 15 is 0 Å². The van der Waals surface area contributed by atoms with Gasteiger partial charge in [0.05, 0.1) is 12.1 Å². The molecule has 4 heteroatoms. The van der Waals surface area contributed by atoms with E-state index in [1.165, 1.54) is 44.4 Å². The number of anilines is 1. The van der Waals surface area contributed by atoms with Crippen molar-refractivity contribution in [1.29, 1.82) is 0 Å². The lowest BCUT2D eigenvalue weighted by molar-refractivity contribution is 0.425. The monoisotopic (exact) mass is 256 g/mol. The van der Waals surface area contributed by atoms with Gasteiger partial charge in [-0.1, -0.05) is 19.3 Å². The predicted octanol–water partition coefficient (Wildman–Crippen LogP) is 3.73. The van der Waals surface area contributed by atoms with E-state index in [9.17, 15) is 4.39 Å². The minimum Gasteiger partial charge on any atom is -0.356 e. The molecule has 0 aliphatic heterocycles. The molecule has 2 nitrogen and oxygen atoms in total. The summed E-state index contributed by atoms with van der Waals surface area (Å²) >= 11 is 5.85. The van der Waals surface area contributed by atoms with Crippen LogP contribution in [-0.2, 0) is 5.88 Å². The first-order valence-electron chi connectivity index (χ1n) is 6.15. The number of rotatable bonds is 3. The first-order chi connectivity index (χ1) is 8.22. The summed E-state index contributed by atoms with van der Waals surface area (Å²) in [7, 11) is 2.03. The van der Waals surface area contributed by atoms with Crippen molar-refractivity contribution >= 4 is 17.4 Å². The molecular weight excluding hydrogens is 239 g/mol. The molecule has 1 aliphatic carbocycles. The highest BCUT2D eigenvalue weighted by Gasteiger charge is 2.21. The summed E-state index contributed by atoms with van der Waals surface area (Å²) in [5, 5.41) is 0. The molecule has 1 saturated carbocycles. The molecule has 17 heavy (non-hydrogen) atoms. The van der Waals surface area contributed by atoms with Crippen molar-refractivity contribution < 1.29 is 4.39 Å². The van der Waals surface area contributed by atoms with Gasteiger partial charge in [-0.2, -0.15) is 0 Å². The molecule has 1 aliphatic rings.